The summed E-state index contributed by atoms with van der Waals surface area (Å²) in [4.78, 5) is 39.5. The number of ketones is 1. The molecule has 32 heavy (non-hydrogen) atoms. The highest BCUT2D eigenvalue weighted by atomic mass is 16.6. The average molecular weight is 450 g/mol. The van der Waals surface area contributed by atoms with Crippen LogP contribution in [-0.4, -0.2) is 66.7 Å². The fraction of sp³-hybridized carbons (Fsp3) is 0.800. The molecule has 0 aliphatic heterocycles. The lowest BCUT2D eigenvalue weighted by Crippen LogP contribution is -2.65. The van der Waals surface area contributed by atoms with Gasteiger partial charge in [-0.15, -0.1) is 0 Å². The summed E-state index contributed by atoms with van der Waals surface area (Å²) in [6, 6.07) is 0. The van der Waals surface area contributed by atoms with Crippen LogP contribution in [0.5, 0.6) is 0 Å². The van der Waals surface area contributed by atoms with Crippen molar-refractivity contribution in [2.45, 2.75) is 71.5 Å². The van der Waals surface area contributed by atoms with Crippen molar-refractivity contribution in [2.24, 2.45) is 29.1 Å². The van der Waals surface area contributed by atoms with Gasteiger partial charge < -0.3 is 19.5 Å². The number of nitrogens with zero attached hydrogens (tertiary/aromatic N) is 1. The lowest BCUT2D eigenvalue weighted by atomic mass is 9.44. The Labute approximate surface area is 191 Å². The molecule has 3 saturated carbocycles. The van der Waals surface area contributed by atoms with E-state index in [0.29, 0.717) is 19.6 Å². The van der Waals surface area contributed by atoms with E-state index in [0.717, 1.165) is 24.8 Å². The number of carbonyl (C=O) groups is 3. The van der Waals surface area contributed by atoms with Crippen LogP contribution in [0.3, 0.4) is 0 Å². The minimum Gasteiger partial charge on any atom is -0.461 e. The van der Waals surface area contributed by atoms with Crippen molar-refractivity contribution in [3.8, 4) is 0 Å². The molecule has 0 aromatic carbocycles. The number of likely N-dealkylation sites (N-methyl/N-ethyl adjacent to an activating group) is 1. The molecule has 0 heterocycles. The summed E-state index contributed by atoms with van der Waals surface area (Å²) < 4.78 is 11.0. The van der Waals surface area contributed by atoms with E-state index < -0.39 is 17.7 Å². The van der Waals surface area contributed by atoms with Gasteiger partial charge in [-0.2, -0.15) is 0 Å². The molecule has 7 nitrogen and oxygen atoms in total. The molecule has 0 radical (unpaired) electrons. The largest absolute Gasteiger partial charge is 0.461 e. The Kier molecular flexibility index (Phi) is 7.20. The van der Waals surface area contributed by atoms with Crippen LogP contribution in [0.25, 0.3) is 0 Å². The Balaban J connectivity index is 1.82. The first kappa shape index (κ1) is 24.9. The summed E-state index contributed by atoms with van der Waals surface area (Å²) in [5.74, 6) is -0.916. The molecule has 0 bridgehead atoms. The van der Waals surface area contributed by atoms with E-state index in [9.17, 15) is 19.5 Å². The van der Waals surface area contributed by atoms with Gasteiger partial charge in [0.05, 0.1) is 6.10 Å². The molecule has 0 aromatic rings. The van der Waals surface area contributed by atoms with E-state index in [1.807, 2.05) is 25.9 Å². The number of aliphatic hydroxyl groups is 1. The van der Waals surface area contributed by atoms with Crippen molar-refractivity contribution in [3.05, 3.63) is 11.6 Å². The van der Waals surface area contributed by atoms with Crippen molar-refractivity contribution in [3.63, 3.8) is 0 Å². The van der Waals surface area contributed by atoms with Gasteiger partial charge in [0.2, 0.25) is 0 Å². The molecule has 0 amide bonds. The molecule has 3 aliphatic rings. The van der Waals surface area contributed by atoms with Crippen LogP contribution in [0.4, 0.5) is 0 Å². The number of esters is 2. The number of Topliss-reactive ketones (excluding diaryl/α,β-unsaturated/α-hetero) is 1. The quantitative estimate of drug-likeness (QED) is 0.509. The van der Waals surface area contributed by atoms with Crippen molar-refractivity contribution >= 4 is 17.7 Å². The minimum absolute atomic E-state index is 0.0349. The molecule has 3 aliphatic carbocycles. The first-order chi connectivity index (χ1) is 14.9. The smallest absolute Gasteiger partial charge is 0.330 e. The zero-order chi connectivity index (χ0) is 23.8. The van der Waals surface area contributed by atoms with Crippen molar-refractivity contribution in [2.75, 3.05) is 27.2 Å². The van der Waals surface area contributed by atoms with Gasteiger partial charge in [-0.05, 0) is 64.0 Å². The second-order valence-corrected chi connectivity index (χ2v) is 10.7. The molecule has 3 rings (SSSR count). The van der Waals surface area contributed by atoms with Crippen LogP contribution < -0.4 is 0 Å². The van der Waals surface area contributed by atoms with Gasteiger partial charge in [-0.1, -0.05) is 19.4 Å². The van der Waals surface area contributed by atoms with Gasteiger partial charge in [0.1, 0.15) is 18.0 Å². The summed E-state index contributed by atoms with van der Waals surface area (Å²) in [6.07, 6.45) is 3.98. The van der Waals surface area contributed by atoms with Crippen LogP contribution in [0.1, 0.15) is 59.8 Å². The van der Waals surface area contributed by atoms with Gasteiger partial charge in [0, 0.05) is 37.8 Å². The molecular formula is C25H39NO6. The Morgan fingerprint density at radius 2 is 1.94 bits per heavy atom. The number of carbonyl (C=O) groups excluding carboxylic acids is 3. The molecule has 0 aromatic heterocycles. The average Bonchev–Trinajstić information content (AvgIpc) is 2.68. The van der Waals surface area contributed by atoms with Gasteiger partial charge in [-0.25, -0.2) is 4.79 Å². The lowest BCUT2D eigenvalue weighted by molar-refractivity contribution is -0.224. The Hall–Kier alpha value is -1.73. The van der Waals surface area contributed by atoms with Crippen LogP contribution >= 0.6 is 0 Å². The fourth-order valence-corrected chi connectivity index (χ4v) is 6.74. The number of aliphatic hydroxyl groups excluding tert-OH is 1. The summed E-state index contributed by atoms with van der Waals surface area (Å²) in [6.45, 7) is 8.39. The summed E-state index contributed by atoms with van der Waals surface area (Å²) in [5.41, 5.74) is -0.293. The molecule has 3 fully saturated rings. The van der Waals surface area contributed by atoms with E-state index >= 15 is 0 Å². The Bertz CT molecular complexity index is 791. The van der Waals surface area contributed by atoms with Gasteiger partial charge in [-0.3, -0.25) is 9.59 Å². The second-order valence-electron chi connectivity index (χ2n) is 10.7. The number of rotatable bonds is 5. The summed E-state index contributed by atoms with van der Waals surface area (Å²) in [7, 11) is 3.85. The fourth-order valence-electron chi connectivity index (χ4n) is 6.74. The minimum atomic E-state index is -1.06. The molecule has 7 unspecified atom stereocenters. The standard InChI is InChI=1S/C25H39NO6/c1-15-17(13-22(30)31-12-11-26(5)6)7-8-18-23(15)19(28)14-20-24(18,3)10-9-21(29)25(20,4)32-16(2)27/h13,15,18,20-21,23,29H,7-12,14H2,1-6H3. The zero-order valence-electron chi connectivity index (χ0n) is 20.3. The van der Waals surface area contributed by atoms with Crippen molar-refractivity contribution in [1.82, 2.24) is 4.90 Å². The molecular weight excluding hydrogens is 410 g/mol. The van der Waals surface area contributed by atoms with E-state index in [-0.39, 0.29) is 47.3 Å². The maximum absolute atomic E-state index is 13.4. The van der Waals surface area contributed by atoms with Crippen LogP contribution in [0.2, 0.25) is 0 Å². The van der Waals surface area contributed by atoms with E-state index in [1.165, 1.54) is 6.92 Å². The molecule has 0 saturated heterocycles. The third-order valence-electron chi connectivity index (χ3n) is 8.48. The van der Waals surface area contributed by atoms with Crippen molar-refractivity contribution < 1.29 is 29.0 Å². The molecule has 7 heteroatoms. The van der Waals surface area contributed by atoms with Crippen LogP contribution in [0.15, 0.2) is 11.6 Å². The first-order valence-corrected chi connectivity index (χ1v) is 11.8. The molecule has 1 N–H and O–H groups in total. The molecule has 0 spiro atoms. The van der Waals surface area contributed by atoms with Gasteiger partial charge in [0.15, 0.2) is 0 Å². The normalized spacial score (nSPS) is 40.6. The Morgan fingerprint density at radius 1 is 1.25 bits per heavy atom. The zero-order valence-corrected chi connectivity index (χ0v) is 20.3. The van der Waals surface area contributed by atoms with Gasteiger partial charge in [0.25, 0.3) is 0 Å². The number of ether oxygens (including phenoxy) is 2. The van der Waals surface area contributed by atoms with Crippen LogP contribution in [0, 0.1) is 29.1 Å². The van der Waals surface area contributed by atoms with E-state index in [2.05, 4.69) is 6.92 Å². The highest BCUT2D eigenvalue weighted by Gasteiger charge is 2.64. The molecule has 180 valence electrons. The number of fused-ring (bicyclic) bond motifs is 3. The van der Waals surface area contributed by atoms with Crippen LogP contribution in [-0.2, 0) is 23.9 Å². The second kappa shape index (κ2) is 9.26. The monoisotopic (exact) mass is 449 g/mol. The Morgan fingerprint density at radius 3 is 2.56 bits per heavy atom. The lowest BCUT2D eigenvalue weighted by Gasteiger charge is -2.61. The maximum Gasteiger partial charge on any atom is 0.330 e. The predicted octanol–water partition coefficient (Wildman–Crippen LogP) is 2.75. The highest BCUT2D eigenvalue weighted by molar-refractivity contribution is 5.86. The van der Waals surface area contributed by atoms with Gasteiger partial charge >= 0.3 is 11.9 Å². The SMILES string of the molecule is CC(=O)OC1(C)C(O)CCC2(C)C3CCC(=CC(=O)OCCN(C)C)C(C)C3C(=O)CC21. The summed E-state index contributed by atoms with van der Waals surface area (Å²) >= 11 is 0. The van der Waals surface area contributed by atoms with Crippen molar-refractivity contribution in [1.29, 1.82) is 0 Å². The maximum atomic E-state index is 13.4. The first-order valence-electron chi connectivity index (χ1n) is 11.8. The van der Waals surface area contributed by atoms with E-state index in [4.69, 9.17) is 9.47 Å². The number of hydrogen-bond acceptors (Lipinski definition) is 7. The number of allylic oxidation sites excluding steroid dienone is 1. The third-order valence-corrected chi connectivity index (χ3v) is 8.48. The van der Waals surface area contributed by atoms with E-state index in [1.54, 1.807) is 13.0 Å². The predicted molar refractivity (Wildman–Crippen MR) is 120 cm³/mol. The number of hydrogen-bond donors (Lipinski definition) is 1. The third kappa shape index (κ3) is 4.51. The molecule has 7 atom stereocenters. The highest BCUT2D eigenvalue weighted by Crippen LogP contribution is 2.62. The summed E-state index contributed by atoms with van der Waals surface area (Å²) in [5, 5.41) is 10.8. The topological polar surface area (TPSA) is 93.1 Å².